The Morgan fingerprint density at radius 3 is 2.20 bits per heavy atom. The van der Waals surface area contributed by atoms with Crippen molar-refractivity contribution in [3.8, 4) is 11.5 Å². The molecule has 3 aromatic rings. The van der Waals surface area contributed by atoms with Crippen molar-refractivity contribution in [2.75, 3.05) is 5.32 Å². The monoisotopic (exact) mass is 400 g/mol. The van der Waals surface area contributed by atoms with Crippen LogP contribution in [0.25, 0.3) is 0 Å². The summed E-state index contributed by atoms with van der Waals surface area (Å²) in [7, 11) is 0. The number of hydrogen-bond donors (Lipinski definition) is 2. The van der Waals surface area contributed by atoms with Crippen LogP contribution in [0.1, 0.15) is 22.3 Å². The molecule has 1 aliphatic rings. The van der Waals surface area contributed by atoms with E-state index in [1.54, 1.807) is 36.4 Å². The third kappa shape index (κ3) is 4.72. The average Bonchev–Trinajstić information content (AvgIpc) is 3.07. The number of para-hydroxylation sites is 1. The van der Waals surface area contributed by atoms with Gasteiger partial charge in [-0.1, -0.05) is 30.3 Å². The van der Waals surface area contributed by atoms with Crippen LogP contribution in [0.15, 0.2) is 78.9 Å². The largest absolute Gasteiger partial charge is 0.457 e. The van der Waals surface area contributed by atoms with E-state index < -0.39 is 0 Å². The highest BCUT2D eigenvalue weighted by Gasteiger charge is 2.30. The van der Waals surface area contributed by atoms with Crippen LogP contribution in [0.3, 0.4) is 0 Å². The van der Waals surface area contributed by atoms with Gasteiger partial charge in [-0.2, -0.15) is 0 Å². The first-order valence-corrected chi connectivity index (χ1v) is 9.64. The number of hydrogen-bond acceptors (Lipinski definition) is 4. The molecule has 4 rings (SSSR count). The summed E-state index contributed by atoms with van der Waals surface area (Å²) in [5.74, 6) is 0.376. The molecule has 3 aromatic carbocycles. The molecule has 0 bridgehead atoms. The first-order chi connectivity index (χ1) is 14.6. The van der Waals surface area contributed by atoms with Gasteiger partial charge in [0.25, 0.3) is 5.91 Å². The molecule has 150 valence electrons. The van der Waals surface area contributed by atoms with Crippen molar-refractivity contribution in [2.45, 2.75) is 12.8 Å². The van der Waals surface area contributed by atoms with Crippen molar-refractivity contribution >= 4 is 23.4 Å². The maximum absolute atomic E-state index is 12.5. The molecule has 0 aliphatic carbocycles. The average molecular weight is 400 g/mol. The zero-order valence-electron chi connectivity index (χ0n) is 16.1. The minimum absolute atomic E-state index is 0.224. The third-order valence-electron chi connectivity index (χ3n) is 4.85. The van der Waals surface area contributed by atoms with Gasteiger partial charge in [-0.15, -0.1) is 0 Å². The molecule has 0 saturated carbocycles. The predicted octanol–water partition coefficient (Wildman–Crippen LogP) is 3.94. The lowest BCUT2D eigenvalue weighted by Gasteiger charge is -2.09. The molecule has 6 heteroatoms. The maximum atomic E-state index is 12.5. The summed E-state index contributed by atoms with van der Waals surface area (Å²) in [6, 6.07) is 23.6. The minimum atomic E-state index is -0.324. The number of imide groups is 1. The molecule has 0 aromatic heterocycles. The van der Waals surface area contributed by atoms with Crippen LogP contribution in [0.2, 0.25) is 0 Å². The van der Waals surface area contributed by atoms with E-state index in [4.69, 9.17) is 4.74 Å². The SMILES string of the molecule is O=C1CC(Cc2ccc(NC(=O)c3ccc(Oc4ccccc4)cc3)cc2)C(=O)N1. The number of anilines is 1. The minimum Gasteiger partial charge on any atom is -0.457 e. The molecule has 0 radical (unpaired) electrons. The first kappa shape index (κ1) is 19.4. The number of carbonyl (C=O) groups excluding carboxylic acids is 3. The molecule has 1 heterocycles. The van der Waals surface area contributed by atoms with Gasteiger partial charge < -0.3 is 10.1 Å². The number of benzene rings is 3. The number of amides is 3. The second kappa shape index (κ2) is 8.61. The summed E-state index contributed by atoms with van der Waals surface area (Å²) in [6.07, 6.45) is 0.718. The van der Waals surface area contributed by atoms with Crippen LogP contribution in [-0.4, -0.2) is 17.7 Å². The second-order valence-electron chi connectivity index (χ2n) is 7.11. The number of nitrogens with one attached hydrogen (secondary N) is 2. The van der Waals surface area contributed by atoms with E-state index in [1.807, 2.05) is 42.5 Å². The molecule has 30 heavy (non-hydrogen) atoms. The number of rotatable bonds is 6. The van der Waals surface area contributed by atoms with Gasteiger partial charge in [-0.3, -0.25) is 19.7 Å². The summed E-state index contributed by atoms with van der Waals surface area (Å²) < 4.78 is 5.73. The van der Waals surface area contributed by atoms with E-state index in [1.165, 1.54) is 0 Å². The van der Waals surface area contributed by atoms with Crippen LogP contribution in [0, 0.1) is 5.92 Å². The topological polar surface area (TPSA) is 84.5 Å². The van der Waals surface area contributed by atoms with Gasteiger partial charge in [-0.05, 0) is 60.5 Å². The fourth-order valence-electron chi connectivity index (χ4n) is 3.28. The first-order valence-electron chi connectivity index (χ1n) is 9.64. The van der Waals surface area contributed by atoms with Gasteiger partial charge in [0.05, 0.1) is 5.92 Å². The van der Waals surface area contributed by atoms with Crippen molar-refractivity contribution in [1.29, 1.82) is 0 Å². The van der Waals surface area contributed by atoms with Gasteiger partial charge in [0.1, 0.15) is 11.5 Å². The lowest BCUT2D eigenvalue weighted by atomic mass is 9.98. The Labute approximate surface area is 173 Å². The molecule has 1 atom stereocenters. The molecule has 1 aliphatic heterocycles. The Bertz CT molecular complexity index is 1060. The molecule has 1 unspecified atom stereocenters. The van der Waals surface area contributed by atoms with Crippen LogP contribution in [0.4, 0.5) is 5.69 Å². The van der Waals surface area contributed by atoms with Gasteiger partial charge in [0.2, 0.25) is 11.8 Å². The van der Waals surface area contributed by atoms with Crippen LogP contribution in [0.5, 0.6) is 11.5 Å². The Morgan fingerprint density at radius 2 is 1.57 bits per heavy atom. The standard InChI is InChI=1S/C24H20N2O4/c27-22-15-18(24(29)26-22)14-16-6-10-19(11-7-16)25-23(28)17-8-12-21(13-9-17)30-20-4-2-1-3-5-20/h1-13,18H,14-15H2,(H,25,28)(H,26,27,29). The van der Waals surface area contributed by atoms with Gasteiger partial charge >= 0.3 is 0 Å². The molecular formula is C24H20N2O4. The van der Waals surface area contributed by atoms with E-state index in [2.05, 4.69) is 10.6 Å². The number of carbonyl (C=O) groups is 3. The van der Waals surface area contributed by atoms with Crippen molar-refractivity contribution in [3.63, 3.8) is 0 Å². The highest BCUT2D eigenvalue weighted by atomic mass is 16.5. The zero-order valence-corrected chi connectivity index (χ0v) is 16.1. The highest BCUT2D eigenvalue weighted by molar-refractivity contribution is 6.04. The van der Waals surface area contributed by atoms with Gasteiger partial charge in [0.15, 0.2) is 0 Å². The molecule has 1 fully saturated rings. The van der Waals surface area contributed by atoms with E-state index in [-0.39, 0.29) is 30.1 Å². The third-order valence-corrected chi connectivity index (χ3v) is 4.85. The fourth-order valence-corrected chi connectivity index (χ4v) is 3.28. The van der Waals surface area contributed by atoms with Crippen molar-refractivity contribution in [1.82, 2.24) is 5.32 Å². The van der Waals surface area contributed by atoms with Crippen molar-refractivity contribution in [3.05, 3.63) is 90.0 Å². The normalized spacial score (nSPS) is 15.5. The van der Waals surface area contributed by atoms with Crippen LogP contribution in [-0.2, 0) is 16.0 Å². The van der Waals surface area contributed by atoms with Gasteiger partial charge in [-0.25, -0.2) is 0 Å². The van der Waals surface area contributed by atoms with E-state index in [9.17, 15) is 14.4 Å². The summed E-state index contributed by atoms with van der Waals surface area (Å²) >= 11 is 0. The highest BCUT2D eigenvalue weighted by Crippen LogP contribution is 2.22. The lowest BCUT2D eigenvalue weighted by molar-refractivity contribution is -0.125. The Morgan fingerprint density at radius 1 is 0.900 bits per heavy atom. The summed E-state index contributed by atoms with van der Waals surface area (Å²) in [5.41, 5.74) is 2.10. The summed E-state index contributed by atoms with van der Waals surface area (Å²) in [4.78, 5) is 35.5. The summed E-state index contributed by atoms with van der Waals surface area (Å²) in [5, 5.41) is 5.17. The molecular weight excluding hydrogens is 380 g/mol. The smallest absolute Gasteiger partial charge is 0.255 e. The van der Waals surface area contributed by atoms with Gasteiger partial charge in [0, 0.05) is 17.7 Å². The molecule has 2 N–H and O–H groups in total. The van der Waals surface area contributed by atoms with Crippen molar-refractivity contribution < 1.29 is 19.1 Å². The van der Waals surface area contributed by atoms with E-state index in [0.717, 1.165) is 11.3 Å². The van der Waals surface area contributed by atoms with E-state index >= 15 is 0 Å². The number of ether oxygens (including phenoxy) is 1. The molecule has 6 nitrogen and oxygen atoms in total. The lowest BCUT2D eigenvalue weighted by Crippen LogP contribution is -2.22. The van der Waals surface area contributed by atoms with Crippen LogP contribution >= 0.6 is 0 Å². The maximum Gasteiger partial charge on any atom is 0.255 e. The Kier molecular flexibility index (Phi) is 5.57. The summed E-state index contributed by atoms with van der Waals surface area (Å²) in [6.45, 7) is 0. The Balaban J connectivity index is 1.34. The second-order valence-corrected chi connectivity index (χ2v) is 7.11. The van der Waals surface area contributed by atoms with Crippen molar-refractivity contribution in [2.24, 2.45) is 5.92 Å². The quantitative estimate of drug-likeness (QED) is 0.614. The zero-order chi connectivity index (χ0) is 20.9. The van der Waals surface area contributed by atoms with Crippen LogP contribution < -0.4 is 15.4 Å². The predicted molar refractivity (Wildman–Crippen MR) is 112 cm³/mol. The van der Waals surface area contributed by atoms with E-state index in [0.29, 0.717) is 23.4 Å². The Hall–Kier alpha value is -3.93. The fraction of sp³-hybridized carbons (Fsp3) is 0.125. The molecule has 3 amide bonds. The molecule has 0 spiro atoms. The molecule has 1 saturated heterocycles.